The molecule has 148 valence electrons. The van der Waals surface area contributed by atoms with Crippen molar-refractivity contribution >= 4 is 6.09 Å². The van der Waals surface area contributed by atoms with Gasteiger partial charge in [-0.2, -0.15) is 0 Å². The third-order valence-electron chi connectivity index (χ3n) is 5.88. The first kappa shape index (κ1) is 18.8. The second-order valence-electron chi connectivity index (χ2n) is 7.72. The molecule has 0 spiro atoms. The minimum atomic E-state index is -0.248. The van der Waals surface area contributed by atoms with E-state index in [1.165, 1.54) is 18.4 Å². The Morgan fingerprint density at radius 1 is 1.07 bits per heavy atom. The largest absolute Gasteiger partial charge is 0.496 e. The molecule has 0 saturated carbocycles. The van der Waals surface area contributed by atoms with Gasteiger partial charge in [-0.25, -0.2) is 4.79 Å². The Bertz CT molecular complexity index is 801. The summed E-state index contributed by atoms with van der Waals surface area (Å²) in [6.07, 6.45) is 3.16. The summed E-state index contributed by atoms with van der Waals surface area (Å²) >= 11 is 0. The lowest BCUT2D eigenvalue weighted by Gasteiger charge is -2.34. The first-order valence-corrected chi connectivity index (χ1v) is 10.1. The van der Waals surface area contributed by atoms with Gasteiger partial charge in [-0.15, -0.1) is 0 Å². The van der Waals surface area contributed by atoms with E-state index in [-0.39, 0.29) is 6.09 Å². The van der Waals surface area contributed by atoms with E-state index in [9.17, 15) is 4.79 Å². The van der Waals surface area contributed by atoms with Crippen LogP contribution in [0.3, 0.4) is 0 Å². The fourth-order valence-corrected chi connectivity index (χ4v) is 4.19. The third-order valence-corrected chi connectivity index (χ3v) is 5.88. The van der Waals surface area contributed by atoms with Crippen molar-refractivity contribution in [3.8, 4) is 11.5 Å². The maximum Gasteiger partial charge on any atom is 0.415 e. The summed E-state index contributed by atoms with van der Waals surface area (Å²) in [5.41, 5.74) is 2.34. The summed E-state index contributed by atoms with van der Waals surface area (Å²) in [5, 5.41) is 0. The maximum atomic E-state index is 12.3. The molecule has 2 aromatic rings. The molecule has 2 aliphatic heterocycles. The van der Waals surface area contributed by atoms with E-state index < -0.39 is 0 Å². The highest BCUT2D eigenvalue weighted by Crippen LogP contribution is 2.34. The van der Waals surface area contributed by atoms with E-state index in [0.29, 0.717) is 18.2 Å². The van der Waals surface area contributed by atoms with Crippen LogP contribution in [0.25, 0.3) is 0 Å². The summed E-state index contributed by atoms with van der Waals surface area (Å²) in [4.78, 5) is 16.7. The Morgan fingerprint density at radius 2 is 1.86 bits per heavy atom. The summed E-state index contributed by atoms with van der Waals surface area (Å²) in [5.74, 6) is 2.07. The van der Waals surface area contributed by atoms with Gasteiger partial charge in [0, 0.05) is 13.1 Å². The first-order chi connectivity index (χ1) is 13.7. The van der Waals surface area contributed by atoms with Gasteiger partial charge in [0.05, 0.1) is 19.2 Å². The second-order valence-corrected chi connectivity index (χ2v) is 7.72. The minimum Gasteiger partial charge on any atom is -0.496 e. The zero-order chi connectivity index (χ0) is 19.3. The van der Waals surface area contributed by atoms with Crippen LogP contribution in [0.2, 0.25) is 0 Å². The number of hydrogen-bond donors (Lipinski definition) is 0. The molecule has 2 heterocycles. The standard InChI is InChI=1S/C23H28N2O3/c1-27-21-8-5-9-22-20(21)17-25(23(26)28-22)15-12-18-10-13-24(14-11-18)16-19-6-3-2-4-7-19/h2-9,18H,10-17H2,1H3. The Kier molecular flexibility index (Phi) is 5.81. The van der Waals surface area contributed by atoms with E-state index in [1.807, 2.05) is 18.2 Å². The number of hydrogen-bond acceptors (Lipinski definition) is 4. The van der Waals surface area contributed by atoms with Crippen LogP contribution in [0, 0.1) is 5.92 Å². The Morgan fingerprint density at radius 3 is 2.61 bits per heavy atom. The van der Waals surface area contributed by atoms with Crippen LogP contribution in [0.4, 0.5) is 4.79 Å². The molecule has 0 unspecified atom stereocenters. The topological polar surface area (TPSA) is 42.0 Å². The Balaban J connectivity index is 1.27. The number of carbonyl (C=O) groups excluding carboxylic acids is 1. The molecule has 4 rings (SSSR count). The quantitative estimate of drug-likeness (QED) is 0.749. The van der Waals surface area contributed by atoms with Crippen molar-refractivity contribution in [2.75, 3.05) is 26.7 Å². The number of likely N-dealkylation sites (tertiary alicyclic amines) is 1. The minimum absolute atomic E-state index is 0.248. The predicted molar refractivity (Wildman–Crippen MR) is 108 cm³/mol. The van der Waals surface area contributed by atoms with Gasteiger partial charge >= 0.3 is 6.09 Å². The van der Waals surface area contributed by atoms with E-state index in [2.05, 4.69) is 35.2 Å². The van der Waals surface area contributed by atoms with Crippen LogP contribution in [0.1, 0.15) is 30.4 Å². The fraction of sp³-hybridized carbons (Fsp3) is 0.435. The molecule has 0 bridgehead atoms. The maximum absolute atomic E-state index is 12.3. The number of piperidine rings is 1. The van der Waals surface area contributed by atoms with Crippen LogP contribution in [0.15, 0.2) is 48.5 Å². The molecule has 0 atom stereocenters. The predicted octanol–water partition coefficient (Wildman–Crippen LogP) is 4.31. The Labute approximate surface area is 166 Å². The van der Waals surface area contributed by atoms with Crippen LogP contribution in [0.5, 0.6) is 11.5 Å². The number of methoxy groups -OCH3 is 1. The van der Waals surface area contributed by atoms with E-state index in [4.69, 9.17) is 9.47 Å². The fourth-order valence-electron chi connectivity index (χ4n) is 4.19. The first-order valence-electron chi connectivity index (χ1n) is 10.1. The van der Waals surface area contributed by atoms with Crippen molar-refractivity contribution in [1.29, 1.82) is 0 Å². The van der Waals surface area contributed by atoms with E-state index >= 15 is 0 Å². The smallest absolute Gasteiger partial charge is 0.415 e. The number of fused-ring (bicyclic) bond motifs is 1. The van der Waals surface area contributed by atoms with Crippen LogP contribution in [-0.2, 0) is 13.1 Å². The number of rotatable bonds is 6. The number of amides is 1. The molecule has 0 aliphatic carbocycles. The van der Waals surface area contributed by atoms with Crippen LogP contribution < -0.4 is 9.47 Å². The second kappa shape index (κ2) is 8.65. The van der Waals surface area contributed by atoms with Crippen LogP contribution in [-0.4, -0.2) is 42.6 Å². The van der Waals surface area contributed by atoms with Crippen molar-refractivity contribution in [2.24, 2.45) is 5.92 Å². The van der Waals surface area contributed by atoms with Gasteiger partial charge in [-0.05, 0) is 56.0 Å². The van der Waals surface area contributed by atoms with E-state index in [1.54, 1.807) is 12.0 Å². The lowest BCUT2D eigenvalue weighted by Crippen LogP contribution is -2.39. The molecule has 2 aliphatic rings. The van der Waals surface area contributed by atoms with Crippen molar-refractivity contribution < 1.29 is 14.3 Å². The molecule has 1 fully saturated rings. The molecule has 5 heteroatoms. The van der Waals surface area contributed by atoms with Crippen molar-refractivity contribution in [3.63, 3.8) is 0 Å². The number of nitrogens with zero attached hydrogens (tertiary/aromatic N) is 2. The average molecular weight is 380 g/mol. The van der Waals surface area contributed by atoms with Gasteiger partial charge in [0.25, 0.3) is 0 Å². The molecular formula is C23H28N2O3. The van der Waals surface area contributed by atoms with Gasteiger partial charge in [-0.3, -0.25) is 4.90 Å². The summed E-state index contributed by atoms with van der Waals surface area (Å²) in [7, 11) is 1.65. The SMILES string of the molecule is COc1cccc2c1CN(CCC1CCN(Cc3ccccc3)CC1)C(=O)O2. The zero-order valence-electron chi connectivity index (χ0n) is 16.5. The van der Waals surface area contributed by atoms with Crippen LogP contribution >= 0.6 is 0 Å². The highest BCUT2D eigenvalue weighted by molar-refractivity contribution is 5.74. The monoisotopic (exact) mass is 380 g/mol. The molecule has 2 aromatic carbocycles. The molecule has 0 radical (unpaired) electrons. The van der Waals surface area contributed by atoms with Gasteiger partial charge in [-0.1, -0.05) is 36.4 Å². The van der Waals surface area contributed by atoms with Gasteiger partial charge in [0.15, 0.2) is 0 Å². The van der Waals surface area contributed by atoms with Crippen molar-refractivity contribution in [2.45, 2.75) is 32.4 Å². The molecule has 5 nitrogen and oxygen atoms in total. The van der Waals surface area contributed by atoms with E-state index in [0.717, 1.165) is 43.9 Å². The third kappa shape index (κ3) is 4.30. The molecule has 28 heavy (non-hydrogen) atoms. The molecule has 0 aromatic heterocycles. The summed E-state index contributed by atoms with van der Waals surface area (Å²) < 4.78 is 10.9. The number of benzene rings is 2. The van der Waals surface area contributed by atoms with Gasteiger partial charge in [0.1, 0.15) is 11.5 Å². The normalized spacial score (nSPS) is 17.9. The van der Waals surface area contributed by atoms with Crippen molar-refractivity contribution in [1.82, 2.24) is 9.80 Å². The molecule has 0 N–H and O–H groups in total. The lowest BCUT2D eigenvalue weighted by molar-refractivity contribution is 0.124. The highest BCUT2D eigenvalue weighted by atomic mass is 16.6. The van der Waals surface area contributed by atoms with Crippen molar-refractivity contribution in [3.05, 3.63) is 59.7 Å². The van der Waals surface area contributed by atoms with Gasteiger partial charge < -0.3 is 14.4 Å². The zero-order valence-corrected chi connectivity index (χ0v) is 16.5. The average Bonchev–Trinajstić information content (AvgIpc) is 2.73. The number of ether oxygens (including phenoxy) is 2. The highest BCUT2D eigenvalue weighted by Gasteiger charge is 2.28. The molecule has 1 saturated heterocycles. The molecular weight excluding hydrogens is 352 g/mol. The Hall–Kier alpha value is -2.53. The number of carbonyl (C=O) groups is 1. The lowest BCUT2D eigenvalue weighted by atomic mass is 9.93. The van der Waals surface area contributed by atoms with Gasteiger partial charge in [0.2, 0.25) is 0 Å². The summed E-state index contributed by atoms with van der Waals surface area (Å²) in [6.45, 7) is 4.58. The summed E-state index contributed by atoms with van der Waals surface area (Å²) in [6, 6.07) is 16.3. The molecule has 1 amide bonds.